The fourth-order valence-corrected chi connectivity index (χ4v) is 3.27. The van der Waals surface area contributed by atoms with Crippen molar-refractivity contribution in [2.24, 2.45) is 0 Å². The molecule has 0 unspecified atom stereocenters. The predicted molar refractivity (Wildman–Crippen MR) is 104 cm³/mol. The molecule has 0 spiro atoms. The minimum Gasteiger partial charge on any atom is -0.352 e. The average molecular weight is 364 g/mol. The number of hydrogen-bond donors (Lipinski definition) is 1. The Morgan fingerprint density at radius 3 is 2.37 bits per heavy atom. The molecule has 0 atom stereocenters. The number of aryl methyl sites for hydroxylation is 1. The molecule has 0 bridgehead atoms. The van der Waals surface area contributed by atoms with Crippen LogP contribution in [0, 0.1) is 0 Å². The number of hydrogen-bond acceptors (Lipinski definition) is 3. The summed E-state index contributed by atoms with van der Waals surface area (Å²) >= 11 is 0. The zero-order chi connectivity index (χ0) is 19.4. The summed E-state index contributed by atoms with van der Waals surface area (Å²) in [7, 11) is 0. The second-order valence-corrected chi connectivity index (χ2v) is 7.03. The molecule has 1 aliphatic rings. The first kappa shape index (κ1) is 18.8. The maximum absolute atomic E-state index is 12.4. The van der Waals surface area contributed by atoms with E-state index in [4.69, 9.17) is 0 Å². The van der Waals surface area contributed by atoms with Gasteiger partial charge in [0.1, 0.15) is 0 Å². The number of nitrogens with one attached hydrogen (secondary N) is 1. The van der Waals surface area contributed by atoms with Crippen molar-refractivity contribution in [3.63, 3.8) is 0 Å². The molecule has 3 rings (SSSR count). The smallest absolute Gasteiger partial charge is 0.261 e. The van der Waals surface area contributed by atoms with Gasteiger partial charge in [0.15, 0.2) is 0 Å². The van der Waals surface area contributed by atoms with E-state index in [1.54, 1.807) is 26.0 Å². The van der Waals surface area contributed by atoms with Crippen LogP contribution in [0.1, 0.15) is 63.3 Å². The summed E-state index contributed by atoms with van der Waals surface area (Å²) in [5.74, 6) is -0.846. The topological polar surface area (TPSA) is 66.5 Å². The van der Waals surface area contributed by atoms with Gasteiger partial charge in [0.05, 0.1) is 11.1 Å². The largest absolute Gasteiger partial charge is 0.352 e. The van der Waals surface area contributed by atoms with Crippen LogP contribution in [0.2, 0.25) is 0 Å². The number of fused-ring (bicyclic) bond motifs is 1. The Morgan fingerprint density at radius 2 is 1.67 bits per heavy atom. The van der Waals surface area contributed by atoms with E-state index in [2.05, 4.69) is 17.4 Å². The fraction of sp³-hybridized carbons (Fsp3) is 0.318. The van der Waals surface area contributed by atoms with E-state index in [1.807, 2.05) is 18.2 Å². The number of amides is 3. The summed E-state index contributed by atoms with van der Waals surface area (Å²) in [6, 6.07) is 14.7. The van der Waals surface area contributed by atoms with Gasteiger partial charge in [-0.1, -0.05) is 30.3 Å². The zero-order valence-electron chi connectivity index (χ0n) is 15.7. The lowest BCUT2D eigenvalue weighted by molar-refractivity contribution is 0.0609. The molecule has 140 valence electrons. The van der Waals surface area contributed by atoms with Crippen molar-refractivity contribution in [1.29, 1.82) is 0 Å². The van der Waals surface area contributed by atoms with Crippen molar-refractivity contribution in [3.05, 3.63) is 70.8 Å². The second kappa shape index (κ2) is 8.16. The number of imide groups is 1. The van der Waals surface area contributed by atoms with Crippen LogP contribution in [0.25, 0.3) is 0 Å². The highest BCUT2D eigenvalue weighted by atomic mass is 16.2. The molecule has 0 radical (unpaired) electrons. The normalized spacial score (nSPS) is 13.2. The van der Waals surface area contributed by atoms with Crippen LogP contribution in [-0.4, -0.2) is 35.2 Å². The van der Waals surface area contributed by atoms with Gasteiger partial charge >= 0.3 is 0 Å². The highest BCUT2D eigenvalue weighted by Gasteiger charge is 2.37. The summed E-state index contributed by atoms with van der Waals surface area (Å²) in [5, 5.41) is 2.89. The third kappa shape index (κ3) is 4.08. The molecule has 0 saturated heterocycles. The molecule has 0 fully saturated rings. The average Bonchev–Trinajstić information content (AvgIpc) is 2.92. The maximum Gasteiger partial charge on any atom is 0.261 e. The number of carbonyl (C=O) groups excluding carboxylic acids is 3. The Bertz CT molecular complexity index is 859. The molecule has 0 aromatic heterocycles. The van der Waals surface area contributed by atoms with Gasteiger partial charge in [-0.15, -0.1) is 0 Å². The van der Waals surface area contributed by atoms with E-state index in [0.29, 0.717) is 23.2 Å². The molecule has 27 heavy (non-hydrogen) atoms. The number of carbonyl (C=O) groups is 3. The molecule has 5 heteroatoms. The molecule has 1 heterocycles. The minimum atomic E-state index is -0.331. The Morgan fingerprint density at radius 1 is 0.963 bits per heavy atom. The van der Waals surface area contributed by atoms with Crippen LogP contribution in [0.4, 0.5) is 0 Å². The van der Waals surface area contributed by atoms with Crippen LogP contribution < -0.4 is 5.32 Å². The Kier molecular flexibility index (Phi) is 5.69. The molecule has 1 N–H and O–H groups in total. The summed E-state index contributed by atoms with van der Waals surface area (Å²) in [6.45, 7) is 4.17. The van der Waals surface area contributed by atoms with E-state index < -0.39 is 0 Å². The summed E-state index contributed by atoms with van der Waals surface area (Å²) < 4.78 is 0. The first-order chi connectivity index (χ1) is 13.0. The summed E-state index contributed by atoms with van der Waals surface area (Å²) in [6.07, 6.45) is 2.85. The van der Waals surface area contributed by atoms with Crippen LogP contribution in [0.3, 0.4) is 0 Å². The first-order valence-corrected chi connectivity index (χ1v) is 9.33. The van der Waals surface area contributed by atoms with Crippen molar-refractivity contribution in [2.45, 2.75) is 39.2 Å². The number of unbranched alkanes of at least 4 members (excludes halogenated alkanes) is 1. The molecular formula is C22H24N2O3. The Hall–Kier alpha value is -2.95. The van der Waals surface area contributed by atoms with Gasteiger partial charge in [0, 0.05) is 18.2 Å². The van der Waals surface area contributed by atoms with Crippen LogP contribution in [0.15, 0.2) is 48.5 Å². The lowest BCUT2D eigenvalue weighted by Gasteiger charge is -2.17. The van der Waals surface area contributed by atoms with E-state index >= 15 is 0 Å². The van der Waals surface area contributed by atoms with Crippen molar-refractivity contribution in [2.75, 3.05) is 6.54 Å². The maximum atomic E-state index is 12.4. The van der Waals surface area contributed by atoms with Crippen molar-refractivity contribution in [3.8, 4) is 0 Å². The molecule has 2 aromatic rings. The van der Waals surface area contributed by atoms with Crippen LogP contribution in [-0.2, 0) is 6.42 Å². The predicted octanol–water partition coefficient (Wildman–Crippen LogP) is 3.44. The fourth-order valence-electron chi connectivity index (χ4n) is 3.27. The van der Waals surface area contributed by atoms with E-state index in [0.717, 1.165) is 19.3 Å². The van der Waals surface area contributed by atoms with Crippen LogP contribution in [0.5, 0.6) is 0 Å². The monoisotopic (exact) mass is 364 g/mol. The van der Waals surface area contributed by atoms with E-state index in [1.165, 1.54) is 16.5 Å². The van der Waals surface area contributed by atoms with Gasteiger partial charge in [0.25, 0.3) is 17.7 Å². The second-order valence-electron chi connectivity index (χ2n) is 7.03. The highest BCUT2D eigenvalue weighted by molar-refractivity contribution is 6.22. The van der Waals surface area contributed by atoms with E-state index in [-0.39, 0.29) is 23.8 Å². The van der Waals surface area contributed by atoms with Gasteiger partial charge in [-0.3, -0.25) is 19.3 Å². The molecule has 0 aliphatic carbocycles. The summed E-state index contributed by atoms with van der Waals surface area (Å²) in [5.41, 5.74) is 2.38. The summed E-state index contributed by atoms with van der Waals surface area (Å²) in [4.78, 5) is 38.3. The third-order valence-electron chi connectivity index (χ3n) is 4.72. The SMILES string of the molecule is CC(C)N1C(=O)c2ccc(C(=O)NCCCCc3ccccc3)cc2C1=O. The number of benzene rings is 2. The van der Waals surface area contributed by atoms with Crippen LogP contribution >= 0.6 is 0 Å². The van der Waals surface area contributed by atoms with Crippen molar-refractivity contribution >= 4 is 17.7 Å². The van der Waals surface area contributed by atoms with Crippen molar-refractivity contribution < 1.29 is 14.4 Å². The molecule has 3 amide bonds. The van der Waals surface area contributed by atoms with Gasteiger partial charge in [-0.2, -0.15) is 0 Å². The van der Waals surface area contributed by atoms with Gasteiger partial charge in [-0.25, -0.2) is 0 Å². The molecular weight excluding hydrogens is 340 g/mol. The number of nitrogens with zero attached hydrogens (tertiary/aromatic N) is 1. The number of rotatable bonds is 7. The molecule has 0 saturated carbocycles. The van der Waals surface area contributed by atoms with Gasteiger partial charge < -0.3 is 5.32 Å². The Labute approximate surface area is 159 Å². The van der Waals surface area contributed by atoms with Crippen molar-refractivity contribution in [1.82, 2.24) is 10.2 Å². The quantitative estimate of drug-likeness (QED) is 0.604. The standard InChI is InChI=1S/C22H24N2O3/c1-15(2)24-21(26)18-12-11-17(14-19(18)22(24)27)20(25)23-13-7-6-10-16-8-4-3-5-9-16/h3-5,8-9,11-12,14-15H,6-7,10,13H2,1-2H3,(H,23,25). The highest BCUT2D eigenvalue weighted by Crippen LogP contribution is 2.25. The Balaban J connectivity index is 1.54. The lowest BCUT2D eigenvalue weighted by Crippen LogP contribution is -2.35. The third-order valence-corrected chi connectivity index (χ3v) is 4.72. The van der Waals surface area contributed by atoms with E-state index in [9.17, 15) is 14.4 Å². The zero-order valence-corrected chi connectivity index (χ0v) is 15.7. The first-order valence-electron chi connectivity index (χ1n) is 9.33. The van der Waals surface area contributed by atoms with Gasteiger partial charge in [0.2, 0.25) is 0 Å². The molecule has 1 aliphatic heterocycles. The lowest BCUT2D eigenvalue weighted by atomic mass is 10.1. The molecule has 5 nitrogen and oxygen atoms in total. The molecule has 2 aromatic carbocycles. The minimum absolute atomic E-state index is 0.209. The van der Waals surface area contributed by atoms with Gasteiger partial charge in [-0.05, 0) is 56.9 Å².